The molecule has 0 saturated heterocycles. The van der Waals surface area contributed by atoms with E-state index in [9.17, 15) is 43.2 Å². The van der Waals surface area contributed by atoms with E-state index < -0.39 is 97.5 Å². The van der Waals surface area contributed by atoms with Gasteiger partial charge in [-0.2, -0.15) is 0 Å². The highest BCUT2D eigenvalue weighted by molar-refractivity contribution is 7.47. The van der Waals surface area contributed by atoms with Crippen LogP contribution in [0.25, 0.3) is 0 Å². The summed E-state index contributed by atoms with van der Waals surface area (Å²) < 4.78 is 68.4. The fourth-order valence-electron chi connectivity index (χ4n) is 10.2. The number of esters is 4. The summed E-state index contributed by atoms with van der Waals surface area (Å²) in [6, 6.07) is 0. The van der Waals surface area contributed by atoms with Gasteiger partial charge in [-0.15, -0.1) is 0 Å². The van der Waals surface area contributed by atoms with Crippen LogP contribution >= 0.6 is 15.6 Å². The summed E-state index contributed by atoms with van der Waals surface area (Å²) in [5, 5.41) is 10.6. The lowest BCUT2D eigenvalue weighted by Crippen LogP contribution is -2.30. The predicted octanol–water partition coefficient (Wildman–Crippen LogP) is 22.6. The number of carbonyl (C=O) groups is 4. The number of phosphoric ester groups is 2. The first-order valence-electron chi connectivity index (χ1n) is 39.1. The Balaban J connectivity index is 5.44. The quantitative estimate of drug-likeness (QED) is 0.0169. The number of allylic oxidation sites excluding steroid dienone is 18. The number of carbonyl (C=O) groups excluding carboxylic acids is 4. The predicted molar refractivity (Wildman–Crippen MR) is 408 cm³/mol. The second kappa shape index (κ2) is 73.0. The number of ether oxygens (including phenoxy) is 4. The Hall–Kier alpha value is -4.28. The van der Waals surface area contributed by atoms with Crippen molar-refractivity contribution in [1.82, 2.24) is 0 Å². The van der Waals surface area contributed by atoms with Crippen LogP contribution in [0.2, 0.25) is 0 Å². The van der Waals surface area contributed by atoms with Crippen molar-refractivity contribution in [3.63, 3.8) is 0 Å². The summed E-state index contributed by atoms with van der Waals surface area (Å²) in [5.74, 6) is -2.30. The smallest absolute Gasteiger partial charge is 0.462 e. The number of hydrogen-bond donors (Lipinski definition) is 3. The Bertz CT molecular complexity index is 2320. The monoisotopic (exact) mass is 1450 g/mol. The number of aliphatic hydroxyl groups is 1. The molecule has 100 heavy (non-hydrogen) atoms. The largest absolute Gasteiger partial charge is 0.472 e. The summed E-state index contributed by atoms with van der Waals surface area (Å²) in [4.78, 5) is 72.8. The summed E-state index contributed by atoms with van der Waals surface area (Å²) in [5.41, 5.74) is 0. The maximum atomic E-state index is 13.1. The van der Waals surface area contributed by atoms with Gasteiger partial charge in [0.15, 0.2) is 12.2 Å². The van der Waals surface area contributed by atoms with Gasteiger partial charge in [0, 0.05) is 25.7 Å². The summed E-state index contributed by atoms with van der Waals surface area (Å²) in [7, 11) is -9.98. The highest BCUT2D eigenvalue weighted by Gasteiger charge is 2.30. The van der Waals surface area contributed by atoms with Crippen LogP contribution in [-0.4, -0.2) is 96.7 Å². The van der Waals surface area contributed by atoms with Crippen LogP contribution in [0, 0.1) is 0 Å². The first kappa shape index (κ1) is 95.7. The molecule has 2 unspecified atom stereocenters. The molecule has 0 aliphatic rings. The molecule has 0 aromatic carbocycles. The maximum Gasteiger partial charge on any atom is 0.472 e. The van der Waals surface area contributed by atoms with E-state index in [1.54, 1.807) is 0 Å². The van der Waals surface area contributed by atoms with Gasteiger partial charge in [-0.1, -0.05) is 259 Å². The molecule has 0 aromatic rings. The van der Waals surface area contributed by atoms with Gasteiger partial charge in [0.05, 0.1) is 26.4 Å². The van der Waals surface area contributed by atoms with Gasteiger partial charge in [-0.3, -0.25) is 37.3 Å². The second-order valence-electron chi connectivity index (χ2n) is 25.9. The molecule has 0 heterocycles. The number of hydrogen-bond acceptors (Lipinski definition) is 15. The van der Waals surface area contributed by atoms with Crippen molar-refractivity contribution < 1.29 is 80.2 Å². The minimum Gasteiger partial charge on any atom is -0.462 e. The van der Waals surface area contributed by atoms with Crippen molar-refractivity contribution >= 4 is 39.5 Å². The molecular formula is C81H140O17P2. The lowest BCUT2D eigenvalue weighted by molar-refractivity contribution is -0.161. The van der Waals surface area contributed by atoms with Crippen molar-refractivity contribution in [2.45, 2.75) is 341 Å². The highest BCUT2D eigenvalue weighted by Crippen LogP contribution is 2.45. The molecule has 0 bridgehead atoms. The van der Waals surface area contributed by atoms with Crippen molar-refractivity contribution in [1.29, 1.82) is 0 Å². The fourth-order valence-corrected chi connectivity index (χ4v) is 11.7. The van der Waals surface area contributed by atoms with Gasteiger partial charge in [-0.25, -0.2) is 9.13 Å². The molecule has 576 valence electrons. The molecule has 0 fully saturated rings. The topological polar surface area (TPSA) is 237 Å². The minimum absolute atomic E-state index is 0.0311. The molecule has 0 spiro atoms. The zero-order valence-corrected chi connectivity index (χ0v) is 64.6. The van der Waals surface area contributed by atoms with Gasteiger partial charge in [0.1, 0.15) is 19.3 Å². The van der Waals surface area contributed by atoms with Crippen molar-refractivity contribution in [3.8, 4) is 0 Å². The number of unbranched alkanes of at least 4 members (excludes halogenated alkanes) is 29. The molecular weight excluding hydrogens is 1310 g/mol. The molecule has 0 amide bonds. The molecule has 17 nitrogen and oxygen atoms in total. The van der Waals surface area contributed by atoms with Crippen LogP contribution in [0.15, 0.2) is 109 Å². The van der Waals surface area contributed by atoms with Crippen LogP contribution in [-0.2, 0) is 65.4 Å². The number of phosphoric acid groups is 2. The molecule has 0 aliphatic carbocycles. The SMILES string of the molecule is CCCCC/C=C\C/C=C\C/C=C\C/C=C\C/C=C\CCC(=O)O[C@H](COC(=O)CCCCCCC/C=C\CCCCCC)COP(=O)(O)OC[C@@H](O)COP(=O)(O)OC[C@@H](COC(=O)CCCCCCC/C=C\CCCCCC)OC(=O)CCCCCCC/C=C\C/C=C\CCCCC. The molecule has 0 radical (unpaired) electrons. The molecule has 19 heteroatoms. The normalized spacial score (nSPS) is 14.5. The van der Waals surface area contributed by atoms with E-state index >= 15 is 0 Å². The zero-order valence-electron chi connectivity index (χ0n) is 62.8. The summed E-state index contributed by atoms with van der Waals surface area (Å²) >= 11 is 0. The third kappa shape index (κ3) is 72.1. The van der Waals surface area contributed by atoms with Crippen LogP contribution in [0.5, 0.6) is 0 Å². The first-order chi connectivity index (χ1) is 48.7. The van der Waals surface area contributed by atoms with E-state index in [2.05, 4.69) is 119 Å². The Morgan fingerprint density at radius 2 is 0.510 bits per heavy atom. The van der Waals surface area contributed by atoms with Crippen molar-refractivity contribution in [3.05, 3.63) is 109 Å². The van der Waals surface area contributed by atoms with E-state index in [1.165, 1.54) is 89.9 Å². The first-order valence-corrected chi connectivity index (χ1v) is 42.1. The van der Waals surface area contributed by atoms with Gasteiger partial charge in [0.2, 0.25) is 0 Å². The van der Waals surface area contributed by atoms with Gasteiger partial charge < -0.3 is 33.8 Å². The molecule has 3 N–H and O–H groups in total. The zero-order chi connectivity index (χ0) is 73.2. The average Bonchev–Trinajstić information content (AvgIpc) is 1.01. The lowest BCUT2D eigenvalue weighted by atomic mass is 10.1. The Morgan fingerprint density at radius 3 is 0.840 bits per heavy atom. The van der Waals surface area contributed by atoms with Crippen molar-refractivity contribution in [2.24, 2.45) is 0 Å². The second-order valence-corrected chi connectivity index (χ2v) is 28.8. The van der Waals surface area contributed by atoms with Crippen molar-refractivity contribution in [2.75, 3.05) is 39.6 Å². The standard InChI is InChI=1S/C81H140O17P2/c1-5-9-13-17-21-25-29-33-35-36-37-38-40-44-48-52-56-60-64-68-81(86)98-77(72-92-79(84)66-62-58-54-50-46-42-32-28-24-20-16-12-8-4)74-96-100(89,90)94-70-75(82)69-93-99(87,88)95-73-76(71-91-78(83)65-61-57-53-49-45-41-31-27-23-19-15-11-7-3)97-80(85)67-63-59-55-51-47-43-39-34-30-26-22-18-14-10-6-2/h21-22,25-28,31-35,37-39,44,48,56,60,75-77,82H,5-20,23-24,29-30,36,40-43,45-47,49-55,57-59,61-74H2,1-4H3,(H,87,88)(H,89,90)/b25-21-,26-22-,31-27-,32-28-,35-33-,38-37-,39-34-,48-44-,60-56-/t75-,76+,77+/m0/s1. The molecule has 0 aliphatic heterocycles. The Morgan fingerprint density at radius 1 is 0.280 bits per heavy atom. The van der Waals surface area contributed by atoms with Crippen LogP contribution in [0.1, 0.15) is 323 Å². The van der Waals surface area contributed by atoms with Crippen LogP contribution < -0.4 is 0 Å². The molecule has 0 saturated carbocycles. The molecule has 0 aromatic heterocycles. The number of rotatable bonds is 73. The average molecular weight is 1450 g/mol. The highest BCUT2D eigenvalue weighted by atomic mass is 31.2. The van der Waals surface area contributed by atoms with Crippen LogP contribution in [0.3, 0.4) is 0 Å². The van der Waals surface area contributed by atoms with Crippen LogP contribution in [0.4, 0.5) is 0 Å². The van der Waals surface area contributed by atoms with Gasteiger partial charge >= 0.3 is 39.5 Å². The third-order valence-corrected chi connectivity index (χ3v) is 18.1. The van der Waals surface area contributed by atoms with E-state index in [0.717, 1.165) is 148 Å². The summed E-state index contributed by atoms with van der Waals surface area (Å²) in [6.07, 6.45) is 78.0. The molecule has 0 rings (SSSR count). The van der Waals surface area contributed by atoms with E-state index in [4.69, 9.17) is 37.0 Å². The fraction of sp³-hybridized carbons (Fsp3) is 0.728. The lowest BCUT2D eigenvalue weighted by Gasteiger charge is -2.21. The maximum absolute atomic E-state index is 13.1. The third-order valence-electron chi connectivity index (χ3n) is 16.2. The minimum atomic E-state index is -5.00. The molecule has 5 atom stereocenters. The van der Waals surface area contributed by atoms with E-state index in [0.29, 0.717) is 32.1 Å². The van der Waals surface area contributed by atoms with E-state index in [1.807, 2.05) is 18.2 Å². The van der Waals surface area contributed by atoms with Gasteiger partial charge in [-0.05, 0) is 148 Å². The Labute approximate surface area is 607 Å². The summed E-state index contributed by atoms with van der Waals surface area (Å²) in [6.45, 7) is 4.68. The number of aliphatic hydroxyl groups excluding tert-OH is 1. The van der Waals surface area contributed by atoms with Gasteiger partial charge in [0.25, 0.3) is 0 Å². The van der Waals surface area contributed by atoms with E-state index in [-0.39, 0.29) is 25.7 Å². The Kier molecular flexibility index (Phi) is 69.9.